The van der Waals surface area contributed by atoms with Gasteiger partial charge in [0.05, 0.1) is 10.7 Å². The van der Waals surface area contributed by atoms with Crippen LogP contribution < -0.4 is 10.6 Å². The van der Waals surface area contributed by atoms with Crippen LogP contribution in [0.4, 0.5) is 11.4 Å². The molecule has 0 heterocycles. The first-order chi connectivity index (χ1) is 8.63. The fraction of sp³-hybridized carbons (Fsp3) is 0.462. The molecule has 3 nitrogen and oxygen atoms in total. The lowest BCUT2D eigenvalue weighted by molar-refractivity contribution is -0.114. The second-order valence-electron chi connectivity index (χ2n) is 4.00. The van der Waals surface area contributed by atoms with Gasteiger partial charge < -0.3 is 10.6 Å². The maximum absolute atomic E-state index is 10.9. The van der Waals surface area contributed by atoms with Crippen molar-refractivity contribution in [1.82, 2.24) is 0 Å². The number of unbranched alkanes of at least 4 members (excludes halogenated alkanes) is 1. The zero-order chi connectivity index (χ0) is 13.4. The molecule has 0 saturated heterocycles. The lowest BCUT2D eigenvalue weighted by Crippen LogP contribution is -2.07. The Kier molecular flexibility index (Phi) is 6.98. The van der Waals surface area contributed by atoms with E-state index in [1.165, 1.54) is 19.1 Å². The van der Waals surface area contributed by atoms with Crippen molar-refractivity contribution in [1.29, 1.82) is 0 Å². The summed E-state index contributed by atoms with van der Waals surface area (Å²) in [5.74, 6) is 1.08. The third-order valence-electron chi connectivity index (χ3n) is 2.38. The molecule has 0 unspecified atom stereocenters. The number of anilines is 2. The van der Waals surface area contributed by atoms with E-state index in [1.54, 1.807) is 0 Å². The van der Waals surface area contributed by atoms with Gasteiger partial charge >= 0.3 is 0 Å². The molecule has 1 amide bonds. The molecule has 2 N–H and O–H groups in total. The molecule has 1 aromatic rings. The fourth-order valence-corrected chi connectivity index (χ4v) is 2.24. The first-order valence-corrected chi connectivity index (χ1v) is 7.70. The molecule has 0 fully saturated rings. The van der Waals surface area contributed by atoms with Gasteiger partial charge in [-0.3, -0.25) is 4.79 Å². The highest BCUT2D eigenvalue weighted by atomic mass is 35.5. The van der Waals surface area contributed by atoms with Crippen molar-refractivity contribution in [3.05, 3.63) is 23.2 Å². The summed E-state index contributed by atoms with van der Waals surface area (Å²) in [5, 5.41) is 6.56. The number of amides is 1. The predicted octanol–water partition coefficient (Wildman–Crippen LogP) is 3.85. The Labute approximate surface area is 118 Å². The van der Waals surface area contributed by atoms with Crippen LogP contribution in [0.15, 0.2) is 18.2 Å². The molecule has 1 aromatic carbocycles. The number of carbonyl (C=O) groups excluding carboxylic acids is 1. The minimum absolute atomic E-state index is 0.116. The Morgan fingerprint density at radius 3 is 2.78 bits per heavy atom. The van der Waals surface area contributed by atoms with Crippen molar-refractivity contribution in [3.63, 3.8) is 0 Å². The van der Waals surface area contributed by atoms with Crippen molar-refractivity contribution in [2.24, 2.45) is 0 Å². The number of carbonyl (C=O) groups is 1. The third-order valence-corrected chi connectivity index (χ3v) is 3.39. The molecule has 0 atom stereocenters. The summed E-state index contributed by atoms with van der Waals surface area (Å²) < 4.78 is 0. The number of hydrogen-bond donors (Lipinski definition) is 2. The zero-order valence-corrected chi connectivity index (χ0v) is 12.3. The average Bonchev–Trinajstić information content (AvgIpc) is 2.32. The highest BCUT2D eigenvalue weighted by molar-refractivity contribution is 7.98. The van der Waals surface area contributed by atoms with Crippen LogP contribution in [-0.4, -0.2) is 24.5 Å². The van der Waals surface area contributed by atoms with Crippen molar-refractivity contribution >= 4 is 40.6 Å². The largest absolute Gasteiger partial charge is 0.385 e. The molecule has 100 valence electrons. The van der Waals surface area contributed by atoms with Crippen molar-refractivity contribution in [2.45, 2.75) is 19.8 Å². The molecule has 18 heavy (non-hydrogen) atoms. The molecule has 0 aromatic heterocycles. The highest BCUT2D eigenvalue weighted by Gasteiger charge is 2.03. The van der Waals surface area contributed by atoms with Crippen LogP contribution in [-0.2, 0) is 4.79 Å². The summed E-state index contributed by atoms with van der Waals surface area (Å²) in [4.78, 5) is 10.9. The predicted molar refractivity (Wildman–Crippen MR) is 81.9 cm³/mol. The van der Waals surface area contributed by atoms with E-state index in [4.69, 9.17) is 11.6 Å². The Hall–Kier alpha value is -0.870. The Bertz CT molecular complexity index is 399. The van der Waals surface area contributed by atoms with Gasteiger partial charge in [0.1, 0.15) is 0 Å². The smallest absolute Gasteiger partial charge is 0.221 e. The standard InChI is InChI=1S/C13H19ClN2OS/c1-10(17)16-13-6-5-11(9-12(13)14)15-7-3-4-8-18-2/h5-6,9,15H,3-4,7-8H2,1-2H3,(H,16,17). The van der Waals surface area contributed by atoms with Crippen LogP contribution in [0.1, 0.15) is 19.8 Å². The maximum atomic E-state index is 10.9. The molecular weight excluding hydrogens is 268 g/mol. The van der Waals surface area contributed by atoms with E-state index in [2.05, 4.69) is 16.9 Å². The molecular formula is C13H19ClN2OS. The molecule has 0 saturated carbocycles. The number of nitrogens with one attached hydrogen (secondary N) is 2. The third kappa shape index (κ3) is 5.65. The molecule has 0 aliphatic heterocycles. The molecule has 5 heteroatoms. The van der Waals surface area contributed by atoms with Crippen LogP contribution in [0, 0.1) is 0 Å². The van der Waals surface area contributed by atoms with Gasteiger partial charge in [-0.2, -0.15) is 11.8 Å². The van der Waals surface area contributed by atoms with Crippen LogP contribution in [0.3, 0.4) is 0 Å². The summed E-state index contributed by atoms with van der Waals surface area (Å²) in [5.41, 5.74) is 1.63. The monoisotopic (exact) mass is 286 g/mol. The van der Waals surface area contributed by atoms with Crippen molar-refractivity contribution in [2.75, 3.05) is 29.2 Å². The van der Waals surface area contributed by atoms with Gasteiger partial charge in [0.25, 0.3) is 0 Å². The minimum atomic E-state index is -0.116. The van der Waals surface area contributed by atoms with Crippen molar-refractivity contribution in [3.8, 4) is 0 Å². The molecule has 0 radical (unpaired) electrons. The van der Waals surface area contributed by atoms with Gasteiger partial charge in [-0.05, 0) is 43.0 Å². The first kappa shape index (κ1) is 15.2. The second-order valence-corrected chi connectivity index (χ2v) is 5.40. The number of hydrogen-bond acceptors (Lipinski definition) is 3. The molecule has 1 rings (SSSR count). The Balaban J connectivity index is 2.43. The summed E-state index contributed by atoms with van der Waals surface area (Å²) in [6, 6.07) is 5.57. The van der Waals surface area contributed by atoms with Gasteiger partial charge in [0.15, 0.2) is 0 Å². The quantitative estimate of drug-likeness (QED) is 0.748. The lowest BCUT2D eigenvalue weighted by atomic mass is 10.2. The topological polar surface area (TPSA) is 41.1 Å². The summed E-state index contributed by atoms with van der Waals surface area (Å²) in [7, 11) is 0. The van der Waals surface area contributed by atoms with Gasteiger partial charge in [-0.1, -0.05) is 11.6 Å². The lowest BCUT2D eigenvalue weighted by Gasteiger charge is -2.09. The second kappa shape index (κ2) is 8.27. The van der Waals surface area contributed by atoms with Crippen LogP contribution >= 0.6 is 23.4 Å². The molecule has 0 aliphatic rings. The molecule has 0 spiro atoms. The van der Waals surface area contributed by atoms with Gasteiger partial charge in [0.2, 0.25) is 5.91 Å². The number of halogens is 1. The summed E-state index contributed by atoms with van der Waals surface area (Å²) >= 11 is 7.95. The Morgan fingerprint density at radius 2 is 2.17 bits per heavy atom. The van der Waals surface area contributed by atoms with Crippen LogP contribution in [0.25, 0.3) is 0 Å². The van der Waals surface area contributed by atoms with E-state index in [-0.39, 0.29) is 5.91 Å². The van der Waals surface area contributed by atoms with E-state index < -0.39 is 0 Å². The summed E-state index contributed by atoms with van der Waals surface area (Å²) in [6.45, 7) is 2.41. The van der Waals surface area contributed by atoms with E-state index >= 15 is 0 Å². The van der Waals surface area contributed by atoms with Gasteiger partial charge in [0, 0.05) is 19.2 Å². The zero-order valence-electron chi connectivity index (χ0n) is 10.8. The summed E-state index contributed by atoms with van der Waals surface area (Å²) in [6.07, 6.45) is 4.48. The minimum Gasteiger partial charge on any atom is -0.385 e. The first-order valence-electron chi connectivity index (χ1n) is 5.93. The van der Waals surface area contributed by atoms with Gasteiger partial charge in [-0.15, -0.1) is 0 Å². The number of rotatable bonds is 7. The van der Waals surface area contributed by atoms with E-state index in [9.17, 15) is 4.79 Å². The molecule has 0 aliphatic carbocycles. The van der Waals surface area contributed by atoms with E-state index in [0.29, 0.717) is 10.7 Å². The van der Waals surface area contributed by atoms with Crippen LogP contribution in [0.2, 0.25) is 5.02 Å². The SMILES string of the molecule is CSCCCCNc1ccc(NC(C)=O)c(Cl)c1. The number of benzene rings is 1. The van der Waals surface area contributed by atoms with E-state index in [0.717, 1.165) is 18.7 Å². The van der Waals surface area contributed by atoms with Gasteiger partial charge in [-0.25, -0.2) is 0 Å². The fourth-order valence-electron chi connectivity index (χ4n) is 1.52. The average molecular weight is 287 g/mol. The Morgan fingerprint density at radius 1 is 1.39 bits per heavy atom. The van der Waals surface area contributed by atoms with Crippen molar-refractivity contribution < 1.29 is 4.79 Å². The van der Waals surface area contributed by atoms with E-state index in [1.807, 2.05) is 30.0 Å². The highest BCUT2D eigenvalue weighted by Crippen LogP contribution is 2.25. The number of thioether (sulfide) groups is 1. The molecule has 0 bridgehead atoms. The van der Waals surface area contributed by atoms with Crippen LogP contribution in [0.5, 0.6) is 0 Å². The maximum Gasteiger partial charge on any atom is 0.221 e. The normalized spacial score (nSPS) is 10.2.